The molecule has 2 atom stereocenters. The van der Waals surface area contributed by atoms with Crippen molar-refractivity contribution in [3.63, 3.8) is 0 Å². The van der Waals surface area contributed by atoms with Gasteiger partial charge in [-0.05, 0) is 19.4 Å². The van der Waals surface area contributed by atoms with E-state index in [1.54, 1.807) is 0 Å². The molecule has 0 saturated carbocycles. The number of hydrogen-bond donors (Lipinski definition) is 1. The van der Waals surface area contributed by atoms with E-state index in [1.165, 1.54) is 0 Å². The van der Waals surface area contributed by atoms with Gasteiger partial charge in [0.1, 0.15) is 5.75 Å². The number of benzene rings is 1. The van der Waals surface area contributed by atoms with Crippen LogP contribution in [0.2, 0.25) is 0 Å². The molecule has 4 nitrogen and oxygen atoms in total. The van der Waals surface area contributed by atoms with Gasteiger partial charge < -0.3 is 15.0 Å². The molecule has 19 heavy (non-hydrogen) atoms. The highest BCUT2D eigenvalue weighted by molar-refractivity contribution is 5.85. The summed E-state index contributed by atoms with van der Waals surface area (Å²) in [6.45, 7) is 5.26. The van der Waals surface area contributed by atoms with Crippen LogP contribution in [-0.2, 0) is 4.79 Å². The normalized spacial score (nSPS) is 26.5. The zero-order chi connectivity index (χ0) is 13.2. The van der Waals surface area contributed by atoms with Crippen LogP contribution in [0.25, 0.3) is 0 Å². The Labute approximate surface area is 113 Å². The largest absolute Gasteiger partial charge is 0.493 e. The van der Waals surface area contributed by atoms with Gasteiger partial charge in [-0.25, -0.2) is 0 Å². The highest BCUT2D eigenvalue weighted by atomic mass is 16.5. The number of rotatable bonds is 1. The van der Waals surface area contributed by atoms with E-state index in [0.717, 1.165) is 37.4 Å². The van der Waals surface area contributed by atoms with Crippen molar-refractivity contribution in [2.24, 2.45) is 0 Å². The second-order valence-electron chi connectivity index (χ2n) is 5.37. The van der Waals surface area contributed by atoms with E-state index in [0.29, 0.717) is 12.6 Å². The molecule has 1 amide bonds. The van der Waals surface area contributed by atoms with Crippen molar-refractivity contribution in [3.05, 3.63) is 29.8 Å². The van der Waals surface area contributed by atoms with E-state index in [4.69, 9.17) is 4.74 Å². The van der Waals surface area contributed by atoms with E-state index in [9.17, 15) is 4.79 Å². The third kappa shape index (κ3) is 2.45. The van der Waals surface area contributed by atoms with Crippen molar-refractivity contribution in [2.45, 2.75) is 25.3 Å². The van der Waals surface area contributed by atoms with Gasteiger partial charge in [0, 0.05) is 31.2 Å². The molecule has 4 heteroatoms. The zero-order valence-electron chi connectivity index (χ0n) is 11.3. The second-order valence-corrected chi connectivity index (χ2v) is 5.37. The maximum absolute atomic E-state index is 12.7. The number of carbonyl (C=O) groups excluding carboxylic acids is 1. The number of hydrogen-bond acceptors (Lipinski definition) is 3. The summed E-state index contributed by atoms with van der Waals surface area (Å²) < 4.78 is 5.63. The smallest absolute Gasteiger partial charge is 0.230 e. The average Bonchev–Trinajstić information content (AvgIpc) is 2.46. The van der Waals surface area contributed by atoms with Crippen LogP contribution in [0.3, 0.4) is 0 Å². The molecule has 0 spiro atoms. The molecule has 1 aromatic rings. The van der Waals surface area contributed by atoms with Gasteiger partial charge in [0.15, 0.2) is 0 Å². The van der Waals surface area contributed by atoms with Crippen LogP contribution in [-0.4, -0.2) is 43.1 Å². The van der Waals surface area contributed by atoms with Crippen LogP contribution in [0.5, 0.6) is 5.75 Å². The molecule has 0 bridgehead atoms. The van der Waals surface area contributed by atoms with Crippen molar-refractivity contribution in [1.29, 1.82) is 0 Å². The zero-order valence-corrected chi connectivity index (χ0v) is 11.3. The van der Waals surface area contributed by atoms with E-state index >= 15 is 0 Å². The molecule has 2 aliphatic heterocycles. The molecule has 1 fully saturated rings. The van der Waals surface area contributed by atoms with Crippen molar-refractivity contribution in [3.8, 4) is 5.75 Å². The lowest BCUT2D eigenvalue weighted by Crippen LogP contribution is -2.52. The summed E-state index contributed by atoms with van der Waals surface area (Å²) in [6, 6.07) is 8.29. The van der Waals surface area contributed by atoms with Gasteiger partial charge in [-0.2, -0.15) is 0 Å². The summed E-state index contributed by atoms with van der Waals surface area (Å²) in [5.74, 6) is 1.09. The number of piperazine rings is 1. The van der Waals surface area contributed by atoms with Crippen LogP contribution in [0, 0.1) is 0 Å². The van der Waals surface area contributed by atoms with Gasteiger partial charge in [-0.15, -0.1) is 0 Å². The third-order valence-electron chi connectivity index (χ3n) is 3.94. The minimum atomic E-state index is -0.0322. The van der Waals surface area contributed by atoms with Crippen molar-refractivity contribution in [1.82, 2.24) is 10.2 Å². The fourth-order valence-electron chi connectivity index (χ4n) is 2.95. The molecule has 0 aliphatic carbocycles. The predicted octanol–water partition coefficient (Wildman–Crippen LogP) is 1.37. The predicted molar refractivity (Wildman–Crippen MR) is 73.3 cm³/mol. The number of nitrogens with zero attached hydrogens (tertiary/aromatic N) is 1. The molecule has 1 unspecified atom stereocenters. The monoisotopic (exact) mass is 260 g/mol. The maximum atomic E-state index is 12.7. The number of ether oxygens (including phenoxy) is 1. The first-order valence-electron chi connectivity index (χ1n) is 6.99. The molecule has 1 N–H and O–H groups in total. The Bertz CT molecular complexity index is 475. The van der Waals surface area contributed by atoms with Crippen LogP contribution < -0.4 is 10.1 Å². The van der Waals surface area contributed by atoms with Crippen LogP contribution >= 0.6 is 0 Å². The van der Waals surface area contributed by atoms with Gasteiger partial charge in [0.25, 0.3) is 0 Å². The Kier molecular flexibility index (Phi) is 3.42. The standard InChI is InChI=1S/C15H20N2O2/c1-11-10-17(8-7-16-11)15(18)13-6-9-19-14-5-3-2-4-12(13)14/h2-5,11,13,16H,6-10H2,1H3/t11-,13?/m1/s1. The molecule has 1 aromatic carbocycles. The van der Waals surface area contributed by atoms with Crippen LogP contribution in [0.4, 0.5) is 0 Å². The first-order valence-corrected chi connectivity index (χ1v) is 6.99. The fourth-order valence-corrected chi connectivity index (χ4v) is 2.95. The van der Waals surface area contributed by atoms with E-state index in [2.05, 4.69) is 12.2 Å². The minimum Gasteiger partial charge on any atom is -0.493 e. The molecule has 0 radical (unpaired) electrons. The number of nitrogens with one attached hydrogen (secondary N) is 1. The lowest BCUT2D eigenvalue weighted by atomic mass is 9.91. The van der Waals surface area contributed by atoms with Gasteiger partial charge in [-0.1, -0.05) is 18.2 Å². The van der Waals surface area contributed by atoms with Crippen LogP contribution in [0.15, 0.2) is 24.3 Å². The average molecular weight is 260 g/mol. The van der Waals surface area contributed by atoms with Gasteiger partial charge in [0.2, 0.25) is 5.91 Å². The quantitative estimate of drug-likeness (QED) is 0.829. The van der Waals surface area contributed by atoms with Gasteiger partial charge in [0.05, 0.1) is 12.5 Å². The lowest BCUT2D eigenvalue weighted by molar-refractivity contribution is -0.134. The molecule has 2 aliphatic rings. The Morgan fingerprint density at radius 3 is 3.11 bits per heavy atom. The van der Waals surface area contributed by atoms with Gasteiger partial charge >= 0.3 is 0 Å². The molecular formula is C15H20N2O2. The summed E-state index contributed by atoms with van der Waals surface area (Å²) in [5.41, 5.74) is 1.05. The summed E-state index contributed by atoms with van der Waals surface area (Å²) in [7, 11) is 0. The van der Waals surface area contributed by atoms with E-state index in [-0.39, 0.29) is 11.8 Å². The summed E-state index contributed by atoms with van der Waals surface area (Å²) >= 11 is 0. The molecule has 0 aromatic heterocycles. The van der Waals surface area contributed by atoms with Crippen LogP contribution in [0.1, 0.15) is 24.8 Å². The Morgan fingerprint density at radius 1 is 1.42 bits per heavy atom. The van der Waals surface area contributed by atoms with E-state index in [1.807, 2.05) is 29.2 Å². The third-order valence-corrected chi connectivity index (χ3v) is 3.94. The number of para-hydroxylation sites is 1. The van der Waals surface area contributed by atoms with Crippen molar-refractivity contribution in [2.75, 3.05) is 26.2 Å². The topological polar surface area (TPSA) is 41.6 Å². The molecule has 1 saturated heterocycles. The molecule has 2 heterocycles. The van der Waals surface area contributed by atoms with Crippen molar-refractivity contribution >= 4 is 5.91 Å². The van der Waals surface area contributed by atoms with Crippen molar-refractivity contribution < 1.29 is 9.53 Å². The second kappa shape index (κ2) is 5.21. The lowest BCUT2D eigenvalue weighted by Gasteiger charge is -2.35. The SMILES string of the molecule is C[C@@H]1CN(C(=O)C2CCOc3ccccc32)CCN1. The number of fused-ring (bicyclic) bond motifs is 1. The summed E-state index contributed by atoms with van der Waals surface area (Å²) in [4.78, 5) is 14.7. The Morgan fingerprint density at radius 2 is 2.26 bits per heavy atom. The highest BCUT2D eigenvalue weighted by Gasteiger charge is 2.32. The first-order chi connectivity index (χ1) is 9.25. The summed E-state index contributed by atoms with van der Waals surface area (Å²) in [5, 5.41) is 3.37. The Hall–Kier alpha value is -1.55. The Balaban J connectivity index is 1.81. The maximum Gasteiger partial charge on any atom is 0.230 e. The van der Waals surface area contributed by atoms with E-state index < -0.39 is 0 Å². The number of amides is 1. The number of carbonyl (C=O) groups is 1. The first kappa shape index (κ1) is 12.5. The molecular weight excluding hydrogens is 240 g/mol. The highest BCUT2D eigenvalue weighted by Crippen LogP contribution is 2.34. The molecule has 102 valence electrons. The minimum absolute atomic E-state index is 0.0322. The fraction of sp³-hybridized carbons (Fsp3) is 0.533. The molecule has 3 rings (SSSR count). The summed E-state index contributed by atoms with van der Waals surface area (Å²) in [6.07, 6.45) is 0.786. The van der Waals surface area contributed by atoms with Gasteiger partial charge in [-0.3, -0.25) is 4.79 Å².